The van der Waals surface area contributed by atoms with Crippen LogP contribution in [0, 0.1) is 0 Å². The summed E-state index contributed by atoms with van der Waals surface area (Å²) in [5.74, 6) is 0. The SMILES string of the molecule is c1ccc(-n2c3ccc(-c4cccc5c6ccccc6n(-c6cc(-c7ccccn7)cc(-c7ccccn7)c6)c45)cc3c3cccnc32)cc1. The zero-order chi connectivity index (χ0) is 33.0. The van der Waals surface area contributed by atoms with Crippen molar-refractivity contribution in [3.8, 4) is 45.0 Å². The Morgan fingerprint density at radius 1 is 0.360 bits per heavy atom. The van der Waals surface area contributed by atoms with Crippen molar-refractivity contribution in [2.45, 2.75) is 0 Å². The van der Waals surface area contributed by atoms with Gasteiger partial charge in [-0.15, -0.1) is 0 Å². The second-order valence-corrected chi connectivity index (χ2v) is 12.5. The summed E-state index contributed by atoms with van der Waals surface area (Å²) >= 11 is 0. The van der Waals surface area contributed by atoms with Crippen LogP contribution in [0.1, 0.15) is 0 Å². The third-order valence-corrected chi connectivity index (χ3v) is 9.64. The van der Waals surface area contributed by atoms with Gasteiger partial charge >= 0.3 is 0 Å². The topological polar surface area (TPSA) is 48.5 Å². The molecule has 0 unspecified atom stereocenters. The van der Waals surface area contributed by atoms with E-state index in [0.717, 1.165) is 72.6 Å². The molecule has 0 radical (unpaired) electrons. The number of nitrogens with zero attached hydrogens (tertiary/aromatic N) is 5. The van der Waals surface area contributed by atoms with Crippen LogP contribution in [0.15, 0.2) is 176 Å². The van der Waals surface area contributed by atoms with E-state index in [9.17, 15) is 0 Å². The summed E-state index contributed by atoms with van der Waals surface area (Å²) in [6, 6.07) is 55.7. The Labute approximate surface area is 288 Å². The molecular weight excluding hydrogens is 611 g/mol. The van der Waals surface area contributed by atoms with Gasteiger partial charge in [-0.3, -0.25) is 14.5 Å². The minimum atomic E-state index is 0.918. The zero-order valence-electron chi connectivity index (χ0n) is 27.0. The van der Waals surface area contributed by atoms with E-state index >= 15 is 0 Å². The lowest BCUT2D eigenvalue weighted by Gasteiger charge is -2.15. The minimum absolute atomic E-state index is 0.918. The molecule has 0 saturated carbocycles. The second-order valence-electron chi connectivity index (χ2n) is 12.5. The molecule has 0 atom stereocenters. The fourth-order valence-corrected chi connectivity index (χ4v) is 7.48. The van der Waals surface area contributed by atoms with Crippen molar-refractivity contribution >= 4 is 43.7 Å². The summed E-state index contributed by atoms with van der Waals surface area (Å²) in [5, 5.41) is 4.71. The number of hydrogen-bond acceptors (Lipinski definition) is 3. The van der Waals surface area contributed by atoms with Crippen molar-refractivity contribution in [2.24, 2.45) is 0 Å². The largest absolute Gasteiger partial charge is 0.309 e. The highest BCUT2D eigenvalue weighted by atomic mass is 15.0. The first-order valence-electron chi connectivity index (χ1n) is 16.8. The Balaban J connectivity index is 1.27. The molecule has 0 spiro atoms. The summed E-state index contributed by atoms with van der Waals surface area (Å²) in [6.07, 6.45) is 5.57. The Morgan fingerprint density at radius 2 is 1.02 bits per heavy atom. The molecule has 0 aliphatic rings. The van der Waals surface area contributed by atoms with Crippen molar-refractivity contribution < 1.29 is 0 Å². The van der Waals surface area contributed by atoms with E-state index in [1.807, 2.05) is 55.0 Å². The Hall–Kier alpha value is -6.85. The second kappa shape index (κ2) is 11.4. The molecule has 234 valence electrons. The first-order valence-corrected chi connectivity index (χ1v) is 16.8. The van der Waals surface area contributed by atoms with Gasteiger partial charge in [-0.2, -0.15) is 0 Å². The Bertz CT molecular complexity index is 2800. The highest BCUT2D eigenvalue weighted by molar-refractivity contribution is 6.15. The maximum absolute atomic E-state index is 4.84. The monoisotopic (exact) mass is 639 g/mol. The number of aromatic nitrogens is 5. The quantitative estimate of drug-likeness (QED) is 0.188. The minimum Gasteiger partial charge on any atom is -0.309 e. The molecule has 5 aromatic heterocycles. The van der Waals surface area contributed by atoms with E-state index < -0.39 is 0 Å². The van der Waals surface area contributed by atoms with Gasteiger partial charge < -0.3 is 4.57 Å². The van der Waals surface area contributed by atoms with Gasteiger partial charge in [0.25, 0.3) is 0 Å². The van der Waals surface area contributed by atoms with Crippen LogP contribution in [0.3, 0.4) is 0 Å². The molecule has 5 heteroatoms. The lowest BCUT2D eigenvalue weighted by atomic mass is 9.99. The van der Waals surface area contributed by atoms with E-state index in [2.05, 4.69) is 130 Å². The summed E-state index contributed by atoms with van der Waals surface area (Å²) in [6.45, 7) is 0. The fraction of sp³-hybridized carbons (Fsp3) is 0. The van der Waals surface area contributed by atoms with Gasteiger partial charge in [0, 0.05) is 68.2 Å². The Kier molecular flexibility index (Phi) is 6.42. The molecule has 0 saturated heterocycles. The predicted octanol–water partition coefficient (Wildman–Crippen LogP) is 11.1. The van der Waals surface area contributed by atoms with Gasteiger partial charge in [-0.1, -0.05) is 72.8 Å². The maximum Gasteiger partial charge on any atom is 0.145 e. The van der Waals surface area contributed by atoms with E-state index in [1.165, 1.54) is 16.2 Å². The van der Waals surface area contributed by atoms with Gasteiger partial charge in [0.2, 0.25) is 0 Å². The molecule has 5 heterocycles. The fourth-order valence-electron chi connectivity index (χ4n) is 7.48. The van der Waals surface area contributed by atoms with Gasteiger partial charge in [0.15, 0.2) is 0 Å². The van der Waals surface area contributed by atoms with Gasteiger partial charge in [0.05, 0.1) is 27.9 Å². The molecule has 50 heavy (non-hydrogen) atoms. The van der Waals surface area contributed by atoms with Crippen molar-refractivity contribution in [3.63, 3.8) is 0 Å². The third-order valence-electron chi connectivity index (χ3n) is 9.64. The molecule has 0 bridgehead atoms. The van der Waals surface area contributed by atoms with Crippen LogP contribution in [0.25, 0.3) is 88.8 Å². The van der Waals surface area contributed by atoms with Crippen LogP contribution >= 0.6 is 0 Å². The summed E-state index contributed by atoms with van der Waals surface area (Å²) < 4.78 is 4.67. The first-order chi connectivity index (χ1) is 24.8. The third kappa shape index (κ3) is 4.45. The van der Waals surface area contributed by atoms with E-state index in [1.54, 1.807) is 0 Å². The van der Waals surface area contributed by atoms with Crippen molar-refractivity contribution in [1.29, 1.82) is 0 Å². The molecule has 5 aromatic carbocycles. The van der Waals surface area contributed by atoms with Gasteiger partial charge in [-0.25, -0.2) is 4.98 Å². The standard InChI is InChI=1S/C45H29N5/c1-2-12-33(13-3-1)50-43-22-21-30(29-39(43)38-17-11-25-48-45(38)50)35-15-10-16-37-36-14-4-5-20-42(36)49(44(35)37)34-27-31(40-18-6-8-23-46-40)26-32(28-34)41-19-7-9-24-47-41/h1-29H. The maximum atomic E-state index is 4.84. The van der Waals surface area contributed by atoms with E-state index in [0.29, 0.717) is 0 Å². The smallest absolute Gasteiger partial charge is 0.145 e. The number of benzene rings is 5. The lowest BCUT2D eigenvalue weighted by Crippen LogP contribution is -1.98. The summed E-state index contributed by atoms with van der Waals surface area (Å²) in [7, 11) is 0. The van der Waals surface area contributed by atoms with E-state index in [4.69, 9.17) is 15.0 Å². The van der Waals surface area contributed by atoms with Gasteiger partial charge in [0.1, 0.15) is 5.65 Å². The average molecular weight is 640 g/mol. The van der Waals surface area contributed by atoms with Crippen LogP contribution < -0.4 is 0 Å². The molecular formula is C45H29N5. The van der Waals surface area contributed by atoms with Crippen LogP contribution in [-0.4, -0.2) is 24.1 Å². The van der Waals surface area contributed by atoms with Crippen molar-refractivity contribution in [2.75, 3.05) is 0 Å². The van der Waals surface area contributed by atoms with E-state index in [-0.39, 0.29) is 0 Å². The molecule has 10 rings (SSSR count). The molecule has 5 nitrogen and oxygen atoms in total. The number of fused-ring (bicyclic) bond motifs is 6. The van der Waals surface area contributed by atoms with Crippen LogP contribution in [0.2, 0.25) is 0 Å². The highest BCUT2D eigenvalue weighted by Gasteiger charge is 2.20. The number of rotatable bonds is 5. The number of para-hydroxylation sites is 3. The zero-order valence-corrected chi connectivity index (χ0v) is 27.0. The molecule has 0 aliphatic heterocycles. The number of hydrogen-bond donors (Lipinski definition) is 0. The van der Waals surface area contributed by atoms with Crippen molar-refractivity contribution in [1.82, 2.24) is 24.1 Å². The van der Waals surface area contributed by atoms with Crippen LogP contribution in [-0.2, 0) is 0 Å². The lowest BCUT2D eigenvalue weighted by molar-refractivity contribution is 1.14. The highest BCUT2D eigenvalue weighted by Crippen LogP contribution is 2.41. The van der Waals surface area contributed by atoms with Gasteiger partial charge in [-0.05, 0) is 90.5 Å². The first kappa shape index (κ1) is 28.2. The molecule has 0 N–H and O–H groups in total. The Morgan fingerprint density at radius 3 is 1.78 bits per heavy atom. The average Bonchev–Trinajstić information content (AvgIpc) is 3.71. The molecule has 0 amide bonds. The van der Waals surface area contributed by atoms with Crippen molar-refractivity contribution in [3.05, 3.63) is 176 Å². The normalized spacial score (nSPS) is 11.6. The predicted molar refractivity (Wildman–Crippen MR) is 205 cm³/mol. The molecule has 0 fully saturated rings. The summed E-state index contributed by atoms with van der Waals surface area (Å²) in [5.41, 5.74) is 12.7. The van der Waals surface area contributed by atoms with Crippen LogP contribution in [0.4, 0.5) is 0 Å². The van der Waals surface area contributed by atoms with Crippen LogP contribution in [0.5, 0.6) is 0 Å². The molecule has 0 aliphatic carbocycles. The number of pyridine rings is 3. The molecule has 10 aromatic rings. The summed E-state index contributed by atoms with van der Waals surface area (Å²) in [4.78, 5) is 14.3.